The van der Waals surface area contributed by atoms with Crippen LogP contribution < -0.4 is 5.32 Å². The first kappa shape index (κ1) is 37.0. The van der Waals surface area contributed by atoms with E-state index in [4.69, 9.17) is 5.41 Å². The molecule has 0 unspecified atom stereocenters. The van der Waals surface area contributed by atoms with E-state index in [2.05, 4.69) is 33.4 Å². The molecule has 2 bridgehead atoms. The number of nitrogens with zero attached hydrogens (tertiary/aromatic N) is 6. The molecule has 0 spiro atoms. The third-order valence-corrected chi connectivity index (χ3v) is 5.63. The summed E-state index contributed by atoms with van der Waals surface area (Å²) in [6.45, 7) is 18.6. The van der Waals surface area contributed by atoms with Gasteiger partial charge in [-0.25, -0.2) is 10.0 Å². The van der Waals surface area contributed by atoms with Crippen LogP contribution in [0.5, 0.6) is 0 Å². The molecular weight excluding hydrogens is 516 g/mol. The second-order valence-corrected chi connectivity index (χ2v) is 9.25. The van der Waals surface area contributed by atoms with E-state index in [0.29, 0.717) is 42.4 Å². The molecule has 2 N–H and O–H groups in total. The van der Waals surface area contributed by atoms with Crippen molar-refractivity contribution in [3.05, 3.63) is 66.4 Å². The average molecular weight is 567 g/mol. The van der Waals surface area contributed by atoms with Gasteiger partial charge >= 0.3 is 0 Å². The Bertz CT molecular complexity index is 1120. The van der Waals surface area contributed by atoms with E-state index in [1.165, 1.54) is 6.21 Å². The van der Waals surface area contributed by atoms with Crippen LogP contribution in [0.1, 0.15) is 56.5 Å². The van der Waals surface area contributed by atoms with Crippen LogP contribution in [0.25, 0.3) is 0 Å². The summed E-state index contributed by atoms with van der Waals surface area (Å²) in [7, 11) is 7.69. The van der Waals surface area contributed by atoms with Crippen molar-refractivity contribution in [1.29, 1.82) is 5.41 Å². The highest BCUT2D eigenvalue weighted by Crippen LogP contribution is 2.22. The van der Waals surface area contributed by atoms with E-state index in [9.17, 15) is 9.59 Å². The Balaban J connectivity index is 0.00000180. The number of hydrogen-bond donors (Lipinski definition) is 2. The summed E-state index contributed by atoms with van der Waals surface area (Å²) < 4.78 is 0. The summed E-state index contributed by atoms with van der Waals surface area (Å²) in [6.07, 6.45) is 7.59. The van der Waals surface area contributed by atoms with Crippen molar-refractivity contribution in [2.45, 2.75) is 47.5 Å². The maximum absolute atomic E-state index is 12.9. The van der Waals surface area contributed by atoms with Crippen molar-refractivity contribution in [2.75, 3.05) is 53.1 Å². The van der Waals surface area contributed by atoms with Gasteiger partial charge in [-0.15, -0.1) is 13.2 Å². The molecule has 0 atom stereocenters. The third kappa shape index (κ3) is 11.9. The molecule has 2 aliphatic heterocycles. The van der Waals surface area contributed by atoms with E-state index in [1.807, 2.05) is 67.0 Å². The molecule has 3 rings (SSSR count). The van der Waals surface area contributed by atoms with Crippen LogP contribution in [0.15, 0.2) is 65.3 Å². The highest BCUT2D eigenvalue weighted by atomic mass is 16.2. The molecule has 1 aromatic carbocycles. The summed E-state index contributed by atoms with van der Waals surface area (Å²) in [5.41, 5.74) is 2.90. The molecule has 1 aromatic rings. The smallest absolute Gasteiger partial charge is 0.270 e. The largest absolute Gasteiger partial charge is 0.342 e. The standard InChI is InChI=1S/C24H33N7O2.C3H6.C2H5N.C2H6/c1-7-11-31-22(32)18-15-21(30(31)6)27-24(25-16-18)26-19-9-10-20(17(2)14-19)23(33)29(5)13-8-12-28(3)4;1-3-2;1-2-3;1-2/h7,9-10,14,16H,1,8,11-13,15H2,2-6H3,(H,25,26);3H,1H2,2H3;2-3H,1H3;1-2H3. The first-order chi connectivity index (χ1) is 19.5. The zero-order valence-electron chi connectivity index (χ0n) is 26.5. The minimum atomic E-state index is -0.102. The number of guanidine groups is 1. The molecule has 2 heterocycles. The SMILES string of the molecule is C=CC.C=CCN1C(=O)C2=CN=C(Nc3ccc(C(=O)N(C)CCCN(C)C)c(C)c3)N=C(C2)N1C.CC.CC=N. The van der Waals surface area contributed by atoms with Crippen LogP contribution in [-0.2, 0) is 4.79 Å². The van der Waals surface area contributed by atoms with Crippen molar-refractivity contribution in [3.8, 4) is 0 Å². The van der Waals surface area contributed by atoms with Gasteiger partial charge in [0.1, 0.15) is 5.84 Å². The Kier molecular flexibility index (Phi) is 18.0. The van der Waals surface area contributed by atoms with E-state index in [-0.39, 0.29) is 11.8 Å². The Hall–Kier alpha value is -4.05. The Morgan fingerprint density at radius 3 is 2.32 bits per heavy atom. The van der Waals surface area contributed by atoms with Crippen LogP contribution in [-0.4, -0.2) is 97.5 Å². The second kappa shape index (κ2) is 19.9. The molecule has 0 aromatic heterocycles. The molecule has 0 radical (unpaired) electrons. The summed E-state index contributed by atoms with van der Waals surface area (Å²) >= 11 is 0. The fraction of sp³-hybridized carbons (Fsp3) is 0.452. The lowest BCUT2D eigenvalue weighted by Gasteiger charge is -2.37. The summed E-state index contributed by atoms with van der Waals surface area (Å²) in [5, 5.41) is 12.6. The van der Waals surface area contributed by atoms with E-state index < -0.39 is 0 Å². The third-order valence-electron chi connectivity index (χ3n) is 5.63. The Labute approximate surface area is 247 Å². The number of carbonyl (C=O) groups is 2. The maximum atomic E-state index is 12.9. The van der Waals surface area contributed by atoms with Gasteiger partial charge < -0.3 is 20.5 Å². The lowest BCUT2D eigenvalue weighted by molar-refractivity contribution is -0.137. The zero-order chi connectivity index (χ0) is 31.5. The Morgan fingerprint density at radius 1 is 1.17 bits per heavy atom. The number of carbonyl (C=O) groups excluding carboxylic acids is 2. The van der Waals surface area contributed by atoms with Gasteiger partial charge in [0.25, 0.3) is 11.8 Å². The molecule has 226 valence electrons. The van der Waals surface area contributed by atoms with Crippen LogP contribution in [0.4, 0.5) is 5.69 Å². The number of allylic oxidation sites excluding steroid dienone is 1. The van der Waals surface area contributed by atoms with Gasteiger partial charge in [0.05, 0.1) is 6.54 Å². The molecule has 41 heavy (non-hydrogen) atoms. The topological polar surface area (TPSA) is 108 Å². The van der Waals surface area contributed by atoms with Crippen LogP contribution in [0, 0.1) is 12.3 Å². The average Bonchev–Trinajstić information content (AvgIpc) is 3.13. The molecule has 10 heteroatoms. The van der Waals surface area contributed by atoms with Crippen LogP contribution in [0.3, 0.4) is 0 Å². The molecule has 1 fully saturated rings. The zero-order valence-corrected chi connectivity index (χ0v) is 26.5. The highest BCUT2D eigenvalue weighted by molar-refractivity contribution is 6.11. The molecule has 1 saturated heterocycles. The monoisotopic (exact) mass is 566 g/mol. The number of hydrazine groups is 1. The number of aryl methyl sites for hydroxylation is 1. The first-order valence-electron chi connectivity index (χ1n) is 13.8. The predicted octanol–water partition coefficient (Wildman–Crippen LogP) is 5.22. The molecule has 0 saturated carbocycles. The summed E-state index contributed by atoms with van der Waals surface area (Å²) in [5.74, 6) is 1.01. The van der Waals surface area contributed by atoms with Crippen LogP contribution in [0.2, 0.25) is 0 Å². The highest BCUT2D eigenvalue weighted by Gasteiger charge is 2.32. The number of amides is 2. The Morgan fingerprint density at radius 2 is 1.78 bits per heavy atom. The lowest BCUT2D eigenvalue weighted by Crippen LogP contribution is -2.52. The van der Waals surface area contributed by atoms with Gasteiger partial charge in [0, 0.05) is 50.1 Å². The van der Waals surface area contributed by atoms with Crippen molar-refractivity contribution >= 4 is 35.5 Å². The van der Waals surface area contributed by atoms with Crippen LogP contribution >= 0.6 is 0 Å². The normalized spacial score (nSPS) is 13.3. The number of hydrogen-bond acceptors (Lipinski definition) is 8. The van der Waals surface area contributed by atoms with Crippen molar-refractivity contribution in [1.82, 2.24) is 19.8 Å². The van der Waals surface area contributed by atoms with Gasteiger partial charge in [-0.1, -0.05) is 26.0 Å². The number of aliphatic imine (C=N–C) groups is 2. The molecule has 2 aliphatic rings. The fourth-order valence-corrected chi connectivity index (χ4v) is 3.73. The van der Waals surface area contributed by atoms with Gasteiger partial charge in [0.2, 0.25) is 5.96 Å². The summed E-state index contributed by atoms with van der Waals surface area (Å²) in [4.78, 5) is 38.4. The quantitative estimate of drug-likeness (QED) is 0.331. The summed E-state index contributed by atoms with van der Waals surface area (Å²) in [6, 6.07) is 5.58. The maximum Gasteiger partial charge on any atom is 0.270 e. The number of anilines is 1. The van der Waals surface area contributed by atoms with Crippen molar-refractivity contribution < 1.29 is 9.59 Å². The van der Waals surface area contributed by atoms with Gasteiger partial charge in [-0.05, 0) is 77.8 Å². The van der Waals surface area contributed by atoms with Crippen molar-refractivity contribution in [3.63, 3.8) is 0 Å². The minimum Gasteiger partial charge on any atom is -0.342 e. The van der Waals surface area contributed by atoms with Gasteiger partial charge in [-0.3, -0.25) is 14.6 Å². The molecule has 10 nitrogen and oxygen atoms in total. The van der Waals surface area contributed by atoms with E-state index >= 15 is 0 Å². The number of benzene rings is 1. The first-order valence-corrected chi connectivity index (χ1v) is 13.8. The van der Waals surface area contributed by atoms with E-state index in [1.54, 1.807) is 47.2 Å². The minimum absolute atomic E-state index is 0.00540. The molecule has 2 amide bonds. The lowest BCUT2D eigenvalue weighted by atomic mass is 10.1. The number of fused-ring (bicyclic) bond motifs is 2. The van der Waals surface area contributed by atoms with Gasteiger partial charge in [-0.2, -0.15) is 4.99 Å². The fourth-order valence-electron chi connectivity index (χ4n) is 3.73. The number of nitrogens with one attached hydrogen (secondary N) is 2. The van der Waals surface area contributed by atoms with Crippen molar-refractivity contribution in [2.24, 2.45) is 9.98 Å². The van der Waals surface area contributed by atoms with E-state index in [0.717, 1.165) is 24.2 Å². The molecular formula is C31H50N8O2. The number of amidine groups is 1. The number of rotatable bonds is 8. The van der Waals surface area contributed by atoms with Gasteiger partial charge in [0.15, 0.2) is 0 Å². The predicted molar refractivity (Wildman–Crippen MR) is 174 cm³/mol. The molecule has 0 aliphatic carbocycles. The second-order valence-electron chi connectivity index (χ2n) is 9.25.